The van der Waals surface area contributed by atoms with E-state index in [4.69, 9.17) is 23.2 Å². The second-order valence-electron chi connectivity index (χ2n) is 9.18. The Kier molecular flexibility index (Phi) is 7.77. The van der Waals surface area contributed by atoms with Crippen LogP contribution in [0.1, 0.15) is 29.5 Å². The summed E-state index contributed by atoms with van der Waals surface area (Å²) in [7, 11) is -3.65. The summed E-state index contributed by atoms with van der Waals surface area (Å²) >= 11 is 12.4. The smallest absolute Gasteiger partial charge is 0.227 e. The number of hydrogen-bond donors (Lipinski definition) is 0. The third-order valence-corrected chi connectivity index (χ3v) is 9.50. The molecule has 2 aliphatic rings. The van der Waals surface area contributed by atoms with Crippen molar-refractivity contribution in [1.29, 1.82) is 0 Å². The molecule has 1 atom stereocenters. The number of piperidine rings is 1. The van der Waals surface area contributed by atoms with Crippen molar-refractivity contribution in [3.8, 4) is 0 Å². The molecule has 0 radical (unpaired) electrons. The first-order chi connectivity index (χ1) is 16.2. The Morgan fingerprint density at radius 2 is 1.62 bits per heavy atom. The Morgan fingerprint density at radius 1 is 0.971 bits per heavy atom. The molecule has 2 saturated heterocycles. The molecule has 0 aromatic heterocycles. The first-order valence-electron chi connectivity index (χ1n) is 11.7. The van der Waals surface area contributed by atoms with Gasteiger partial charge in [-0.05, 0) is 56.0 Å². The van der Waals surface area contributed by atoms with E-state index >= 15 is 0 Å². The fourth-order valence-electron chi connectivity index (χ4n) is 4.84. The van der Waals surface area contributed by atoms with Gasteiger partial charge in [0.05, 0.1) is 11.7 Å². The van der Waals surface area contributed by atoms with Crippen LogP contribution >= 0.6 is 23.2 Å². The van der Waals surface area contributed by atoms with Crippen molar-refractivity contribution in [2.24, 2.45) is 5.92 Å². The van der Waals surface area contributed by atoms with E-state index < -0.39 is 10.0 Å². The number of amides is 1. The zero-order valence-electron chi connectivity index (χ0n) is 19.6. The van der Waals surface area contributed by atoms with Crippen LogP contribution in [-0.4, -0.2) is 62.8 Å². The van der Waals surface area contributed by atoms with Gasteiger partial charge in [-0.3, -0.25) is 4.79 Å². The monoisotopic (exact) mass is 523 g/mol. The van der Waals surface area contributed by atoms with Gasteiger partial charge in [-0.2, -0.15) is 0 Å². The number of aryl methyl sites for hydroxylation is 1. The van der Waals surface area contributed by atoms with Crippen molar-refractivity contribution in [2.75, 3.05) is 44.2 Å². The Balaban J connectivity index is 1.38. The minimum absolute atomic E-state index is 0.0521. The maximum absolute atomic E-state index is 13.3. The van der Waals surface area contributed by atoms with Crippen molar-refractivity contribution >= 4 is 44.8 Å². The quantitative estimate of drug-likeness (QED) is 0.578. The molecular formula is C25H31Cl2N3O3S. The second kappa shape index (κ2) is 10.4. The minimum Gasteiger partial charge on any atom is -0.368 e. The summed E-state index contributed by atoms with van der Waals surface area (Å²) in [6.45, 7) is 7.70. The molecule has 2 fully saturated rings. The Morgan fingerprint density at radius 3 is 2.29 bits per heavy atom. The average Bonchev–Trinajstić information content (AvgIpc) is 2.83. The molecule has 0 saturated carbocycles. The number of benzene rings is 2. The van der Waals surface area contributed by atoms with E-state index in [0.717, 1.165) is 13.1 Å². The topological polar surface area (TPSA) is 60.9 Å². The van der Waals surface area contributed by atoms with E-state index in [1.54, 1.807) is 18.2 Å². The number of rotatable bonds is 5. The van der Waals surface area contributed by atoms with Crippen LogP contribution in [0.3, 0.4) is 0 Å². The lowest BCUT2D eigenvalue weighted by Crippen LogP contribution is -2.53. The predicted octanol–water partition coefficient (Wildman–Crippen LogP) is 4.50. The number of anilines is 1. The van der Waals surface area contributed by atoms with Gasteiger partial charge in [-0.1, -0.05) is 41.4 Å². The lowest BCUT2D eigenvalue weighted by Gasteiger charge is -2.40. The SMILES string of the molecule is Cc1cccc(N2CCN(C(=O)[C@@H]3CCCN(S(=O)(=O)Cc4c(Cl)cccc4Cl)C3)CC2)c1C. The van der Waals surface area contributed by atoms with E-state index in [2.05, 4.69) is 36.9 Å². The molecule has 0 unspecified atom stereocenters. The van der Waals surface area contributed by atoms with Gasteiger partial charge < -0.3 is 9.80 Å². The Hall–Kier alpha value is -1.80. The van der Waals surface area contributed by atoms with Gasteiger partial charge in [-0.25, -0.2) is 12.7 Å². The first kappa shape index (κ1) is 25.3. The van der Waals surface area contributed by atoms with Crippen molar-refractivity contribution in [3.05, 3.63) is 63.1 Å². The Bertz CT molecular complexity index is 1140. The van der Waals surface area contributed by atoms with Gasteiger partial charge >= 0.3 is 0 Å². The molecular weight excluding hydrogens is 493 g/mol. The first-order valence-corrected chi connectivity index (χ1v) is 14.0. The largest absolute Gasteiger partial charge is 0.368 e. The third-order valence-electron chi connectivity index (χ3n) is 7.02. The molecule has 0 bridgehead atoms. The van der Waals surface area contributed by atoms with E-state index in [-0.39, 0.29) is 24.1 Å². The summed E-state index contributed by atoms with van der Waals surface area (Å²) in [5.41, 5.74) is 4.16. The van der Waals surface area contributed by atoms with Gasteiger partial charge in [0.15, 0.2) is 0 Å². The second-order valence-corrected chi connectivity index (χ2v) is 12.0. The Labute approximate surface area is 212 Å². The van der Waals surface area contributed by atoms with Crippen LogP contribution in [0.5, 0.6) is 0 Å². The highest BCUT2D eigenvalue weighted by atomic mass is 35.5. The number of nitrogens with zero attached hydrogens (tertiary/aromatic N) is 3. The van der Waals surface area contributed by atoms with Gasteiger partial charge in [0, 0.05) is 60.6 Å². The molecule has 9 heteroatoms. The maximum atomic E-state index is 13.3. The molecule has 4 rings (SSSR count). The fraction of sp³-hybridized carbons (Fsp3) is 0.480. The molecule has 6 nitrogen and oxygen atoms in total. The number of carbonyl (C=O) groups excluding carboxylic acids is 1. The van der Waals surface area contributed by atoms with Crippen LogP contribution in [0.15, 0.2) is 36.4 Å². The van der Waals surface area contributed by atoms with Crippen molar-refractivity contribution in [3.63, 3.8) is 0 Å². The van der Waals surface area contributed by atoms with Crippen LogP contribution in [0.25, 0.3) is 0 Å². The number of carbonyl (C=O) groups is 1. The van der Waals surface area contributed by atoms with E-state index in [0.29, 0.717) is 48.1 Å². The summed E-state index contributed by atoms with van der Waals surface area (Å²) in [6.07, 6.45) is 1.36. The van der Waals surface area contributed by atoms with Gasteiger partial charge in [0.2, 0.25) is 15.9 Å². The molecule has 1 amide bonds. The molecule has 0 spiro atoms. The molecule has 0 N–H and O–H groups in total. The van der Waals surface area contributed by atoms with Crippen molar-refractivity contribution in [2.45, 2.75) is 32.4 Å². The molecule has 34 heavy (non-hydrogen) atoms. The van der Waals surface area contributed by atoms with Crippen LogP contribution < -0.4 is 4.90 Å². The summed E-state index contributed by atoms with van der Waals surface area (Å²) in [5, 5.41) is 0.671. The molecule has 0 aliphatic carbocycles. The number of piperazine rings is 1. The standard InChI is InChI=1S/C25H31Cl2N3O3S/c1-18-6-3-10-24(19(18)2)28-12-14-29(15-13-28)25(31)20-7-5-11-30(16-20)34(32,33)17-21-22(26)8-4-9-23(21)27/h3-4,6,8-10,20H,5,7,11-17H2,1-2H3/t20-/m1/s1. The van der Waals surface area contributed by atoms with E-state index in [9.17, 15) is 13.2 Å². The highest BCUT2D eigenvalue weighted by molar-refractivity contribution is 7.88. The number of sulfonamides is 1. The lowest BCUT2D eigenvalue weighted by atomic mass is 9.97. The highest BCUT2D eigenvalue weighted by Crippen LogP contribution is 2.30. The highest BCUT2D eigenvalue weighted by Gasteiger charge is 2.35. The third kappa shape index (κ3) is 5.38. The van der Waals surface area contributed by atoms with Crippen molar-refractivity contribution in [1.82, 2.24) is 9.21 Å². The van der Waals surface area contributed by atoms with Crippen LogP contribution in [0.2, 0.25) is 10.0 Å². The van der Waals surface area contributed by atoms with E-state index in [1.165, 1.54) is 21.1 Å². The predicted molar refractivity (Wildman–Crippen MR) is 138 cm³/mol. The molecule has 2 aromatic carbocycles. The molecule has 2 aromatic rings. The summed E-state index contributed by atoms with van der Waals surface area (Å²) in [6, 6.07) is 11.3. The van der Waals surface area contributed by atoms with E-state index in [1.807, 2.05) is 4.90 Å². The zero-order chi connectivity index (χ0) is 24.5. The molecule has 2 heterocycles. The summed E-state index contributed by atoms with van der Waals surface area (Å²) < 4.78 is 27.7. The van der Waals surface area contributed by atoms with Gasteiger partial charge in [0.1, 0.15) is 0 Å². The normalized spacial score (nSPS) is 19.9. The lowest BCUT2D eigenvalue weighted by molar-refractivity contribution is -0.137. The van der Waals surface area contributed by atoms with Crippen LogP contribution in [0.4, 0.5) is 5.69 Å². The molecule has 2 aliphatic heterocycles. The number of hydrogen-bond acceptors (Lipinski definition) is 4. The average molecular weight is 525 g/mol. The molecule has 184 valence electrons. The summed E-state index contributed by atoms with van der Waals surface area (Å²) in [5.74, 6) is -0.533. The van der Waals surface area contributed by atoms with Crippen LogP contribution in [0, 0.1) is 19.8 Å². The summed E-state index contributed by atoms with van der Waals surface area (Å²) in [4.78, 5) is 17.5. The van der Waals surface area contributed by atoms with Crippen molar-refractivity contribution < 1.29 is 13.2 Å². The fourth-order valence-corrected chi connectivity index (χ4v) is 7.21. The minimum atomic E-state index is -3.65. The van der Waals surface area contributed by atoms with Gasteiger partial charge in [-0.15, -0.1) is 0 Å². The maximum Gasteiger partial charge on any atom is 0.227 e. The zero-order valence-corrected chi connectivity index (χ0v) is 22.0. The van der Waals surface area contributed by atoms with Gasteiger partial charge in [0.25, 0.3) is 0 Å². The number of halogens is 2. The van der Waals surface area contributed by atoms with Crippen LogP contribution in [-0.2, 0) is 20.6 Å².